The molecule has 136 valence electrons. The van der Waals surface area contributed by atoms with E-state index in [2.05, 4.69) is 10.3 Å². The van der Waals surface area contributed by atoms with Crippen LogP contribution in [-0.2, 0) is 4.79 Å². The molecule has 1 heterocycles. The van der Waals surface area contributed by atoms with Crippen LogP contribution in [0.4, 0.5) is 10.2 Å². The summed E-state index contributed by atoms with van der Waals surface area (Å²) in [6.45, 7) is -0.264. The van der Waals surface area contributed by atoms with Crippen molar-refractivity contribution in [2.75, 3.05) is 11.9 Å². The first-order chi connectivity index (χ1) is 13.1. The zero-order valence-corrected chi connectivity index (χ0v) is 14.1. The van der Waals surface area contributed by atoms with Crippen molar-refractivity contribution in [3.63, 3.8) is 0 Å². The summed E-state index contributed by atoms with van der Waals surface area (Å²) in [6.07, 6.45) is 2.09. The number of hydrogen-bond acceptors (Lipinski definition) is 5. The van der Waals surface area contributed by atoms with Crippen LogP contribution in [-0.4, -0.2) is 23.8 Å². The van der Waals surface area contributed by atoms with E-state index in [1.807, 2.05) is 0 Å². The number of nitrogens with zero attached hydrogens (tertiary/aromatic N) is 1. The Labute approximate surface area is 154 Å². The number of pyridine rings is 1. The molecule has 0 aliphatic carbocycles. The first kappa shape index (κ1) is 18.1. The fraction of sp³-hybridized carbons (Fsp3) is 0.0500. The van der Waals surface area contributed by atoms with Crippen LogP contribution in [0.15, 0.2) is 66.9 Å². The van der Waals surface area contributed by atoms with Crippen molar-refractivity contribution in [3.05, 3.63) is 78.2 Å². The van der Waals surface area contributed by atoms with Crippen molar-refractivity contribution in [2.45, 2.75) is 0 Å². The molecule has 0 radical (unpaired) electrons. The third-order valence-electron chi connectivity index (χ3n) is 3.46. The van der Waals surface area contributed by atoms with E-state index in [0.29, 0.717) is 34.9 Å². The minimum absolute atomic E-state index is 0.264. The highest BCUT2D eigenvalue weighted by molar-refractivity contribution is 5.91. The van der Waals surface area contributed by atoms with Crippen LogP contribution in [0.25, 0.3) is 0 Å². The molecule has 0 aliphatic rings. The number of anilines is 1. The van der Waals surface area contributed by atoms with Gasteiger partial charge in [0.2, 0.25) is 0 Å². The number of halogens is 1. The normalized spacial score (nSPS) is 10.1. The number of hydrogen-bond donors (Lipinski definition) is 1. The molecular weight excluding hydrogens is 351 g/mol. The van der Waals surface area contributed by atoms with Crippen molar-refractivity contribution in [3.8, 4) is 17.2 Å². The van der Waals surface area contributed by atoms with E-state index in [0.717, 1.165) is 0 Å². The standard InChI is InChI=1S/C20H15FN2O4/c21-15-5-7-16(8-6-15)27-17-9-10-19(22-11-17)23-20(25)13-26-18-4-2-1-3-14(18)12-24/h1-12H,13H2,(H,22,23,25). The predicted octanol–water partition coefficient (Wildman–Crippen LogP) is 3.84. The van der Waals surface area contributed by atoms with Crippen molar-refractivity contribution in [1.29, 1.82) is 0 Å². The highest BCUT2D eigenvalue weighted by Crippen LogP contribution is 2.21. The lowest BCUT2D eigenvalue weighted by Gasteiger charge is -2.09. The predicted molar refractivity (Wildman–Crippen MR) is 96.7 cm³/mol. The fourth-order valence-electron chi connectivity index (χ4n) is 2.18. The van der Waals surface area contributed by atoms with Gasteiger partial charge in [-0.3, -0.25) is 9.59 Å². The SMILES string of the molecule is O=Cc1ccccc1OCC(=O)Nc1ccc(Oc2ccc(F)cc2)cn1. The number of amides is 1. The summed E-state index contributed by atoms with van der Waals surface area (Å²) in [7, 11) is 0. The largest absolute Gasteiger partial charge is 0.483 e. The Bertz CT molecular complexity index is 927. The Morgan fingerprint density at radius 2 is 1.78 bits per heavy atom. The van der Waals surface area contributed by atoms with Gasteiger partial charge in [-0.05, 0) is 48.5 Å². The van der Waals surface area contributed by atoms with Gasteiger partial charge in [0.1, 0.15) is 28.9 Å². The van der Waals surface area contributed by atoms with Gasteiger partial charge in [-0.2, -0.15) is 0 Å². The second kappa shape index (κ2) is 8.57. The second-order valence-electron chi connectivity index (χ2n) is 5.43. The van der Waals surface area contributed by atoms with Crippen molar-refractivity contribution >= 4 is 18.0 Å². The second-order valence-corrected chi connectivity index (χ2v) is 5.43. The molecule has 1 N–H and O–H groups in total. The molecule has 3 aromatic rings. The monoisotopic (exact) mass is 366 g/mol. The molecule has 27 heavy (non-hydrogen) atoms. The maximum absolute atomic E-state index is 12.9. The highest BCUT2D eigenvalue weighted by Gasteiger charge is 2.08. The molecule has 7 heteroatoms. The molecule has 0 spiro atoms. The summed E-state index contributed by atoms with van der Waals surface area (Å²) >= 11 is 0. The van der Waals surface area contributed by atoms with Gasteiger partial charge in [0.15, 0.2) is 12.9 Å². The number of nitrogens with one attached hydrogen (secondary N) is 1. The molecule has 0 unspecified atom stereocenters. The molecule has 3 rings (SSSR count). The molecule has 0 bridgehead atoms. The Kier molecular flexibility index (Phi) is 5.73. The van der Waals surface area contributed by atoms with Crippen LogP contribution in [0.3, 0.4) is 0 Å². The molecule has 2 aromatic carbocycles. The summed E-state index contributed by atoms with van der Waals surface area (Å²) in [4.78, 5) is 27.0. The Hall–Kier alpha value is -3.74. The van der Waals surface area contributed by atoms with E-state index >= 15 is 0 Å². The van der Waals surface area contributed by atoms with Gasteiger partial charge in [0, 0.05) is 0 Å². The summed E-state index contributed by atoms with van der Waals surface area (Å²) in [6, 6.07) is 15.4. The number of carbonyl (C=O) groups is 2. The van der Waals surface area contributed by atoms with Crippen LogP contribution < -0.4 is 14.8 Å². The Morgan fingerprint density at radius 3 is 2.48 bits per heavy atom. The van der Waals surface area contributed by atoms with E-state index in [1.165, 1.54) is 30.5 Å². The molecule has 0 saturated heterocycles. The molecule has 0 saturated carbocycles. The summed E-state index contributed by atoms with van der Waals surface area (Å²) in [5, 5.41) is 2.58. The molecule has 1 aromatic heterocycles. The average Bonchev–Trinajstić information content (AvgIpc) is 2.70. The van der Waals surface area contributed by atoms with E-state index in [1.54, 1.807) is 36.4 Å². The number of ether oxygens (including phenoxy) is 2. The minimum atomic E-state index is -0.421. The molecule has 0 aliphatic heterocycles. The van der Waals surface area contributed by atoms with Crippen LogP contribution >= 0.6 is 0 Å². The molecule has 0 fully saturated rings. The van der Waals surface area contributed by atoms with Gasteiger partial charge in [-0.25, -0.2) is 9.37 Å². The number of benzene rings is 2. The maximum Gasteiger partial charge on any atom is 0.263 e. The van der Waals surface area contributed by atoms with E-state index < -0.39 is 5.91 Å². The number of rotatable bonds is 7. The molecule has 0 atom stereocenters. The fourth-order valence-corrected chi connectivity index (χ4v) is 2.18. The van der Waals surface area contributed by atoms with Crippen LogP contribution in [0.5, 0.6) is 17.2 Å². The van der Waals surface area contributed by atoms with Gasteiger partial charge in [0.05, 0.1) is 11.8 Å². The van der Waals surface area contributed by atoms with Crippen LogP contribution in [0, 0.1) is 5.82 Å². The third kappa shape index (κ3) is 5.12. The maximum atomic E-state index is 12.9. The zero-order valence-electron chi connectivity index (χ0n) is 14.1. The van der Waals surface area contributed by atoms with Crippen LogP contribution in [0.1, 0.15) is 10.4 Å². The van der Waals surface area contributed by atoms with Crippen molar-refractivity contribution in [2.24, 2.45) is 0 Å². The van der Waals surface area contributed by atoms with Gasteiger partial charge in [-0.15, -0.1) is 0 Å². The highest BCUT2D eigenvalue weighted by atomic mass is 19.1. The average molecular weight is 366 g/mol. The third-order valence-corrected chi connectivity index (χ3v) is 3.46. The zero-order chi connectivity index (χ0) is 19.1. The molecule has 6 nitrogen and oxygen atoms in total. The topological polar surface area (TPSA) is 77.5 Å². The minimum Gasteiger partial charge on any atom is -0.483 e. The lowest BCUT2D eigenvalue weighted by Crippen LogP contribution is -2.21. The summed E-state index contributed by atoms with van der Waals surface area (Å²) < 4.78 is 23.8. The van der Waals surface area contributed by atoms with Gasteiger partial charge in [-0.1, -0.05) is 12.1 Å². The molecular formula is C20H15FN2O4. The lowest BCUT2D eigenvalue weighted by molar-refractivity contribution is -0.118. The van der Waals surface area contributed by atoms with E-state index in [9.17, 15) is 14.0 Å². The smallest absolute Gasteiger partial charge is 0.263 e. The number of aldehydes is 1. The van der Waals surface area contributed by atoms with Gasteiger partial charge in [0.25, 0.3) is 5.91 Å². The summed E-state index contributed by atoms with van der Waals surface area (Å²) in [5.74, 6) is 0.789. The number of aromatic nitrogens is 1. The first-order valence-corrected chi connectivity index (χ1v) is 8.00. The lowest BCUT2D eigenvalue weighted by atomic mass is 10.2. The first-order valence-electron chi connectivity index (χ1n) is 8.00. The van der Waals surface area contributed by atoms with Crippen LogP contribution in [0.2, 0.25) is 0 Å². The van der Waals surface area contributed by atoms with Crippen molar-refractivity contribution in [1.82, 2.24) is 4.98 Å². The number of para-hydroxylation sites is 1. The van der Waals surface area contributed by atoms with E-state index in [4.69, 9.17) is 9.47 Å². The molecule has 1 amide bonds. The van der Waals surface area contributed by atoms with Gasteiger partial charge < -0.3 is 14.8 Å². The number of carbonyl (C=O) groups excluding carboxylic acids is 2. The Morgan fingerprint density at radius 1 is 1.04 bits per heavy atom. The Balaban J connectivity index is 1.53. The van der Waals surface area contributed by atoms with E-state index in [-0.39, 0.29) is 12.4 Å². The quantitative estimate of drug-likeness (QED) is 0.643. The van der Waals surface area contributed by atoms with Crippen molar-refractivity contribution < 1.29 is 23.5 Å². The summed E-state index contributed by atoms with van der Waals surface area (Å²) in [5.41, 5.74) is 0.366. The van der Waals surface area contributed by atoms with Gasteiger partial charge >= 0.3 is 0 Å².